The van der Waals surface area contributed by atoms with Crippen LogP contribution in [-0.4, -0.2) is 23.7 Å². The summed E-state index contributed by atoms with van der Waals surface area (Å²) in [6, 6.07) is 7.69. The van der Waals surface area contributed by atoms with E-state index in [9.17, 15) is 4.79 Å². The number of aliphatic carboxylic acids is 1. The second-order valence-electron chi connectivity index (χ2n) is 4.15. The first-order valence-electron chi connectivity index (χ1n) is 5.37. The fourth-order valence-electron chi connectivity index (χ4n) is 2.19. The third-order valence-corrected chi connectivity index (χ3v) is 3.56. The van der Waals surface area contributed by atoms with Crippen LogP contribution in [0.5, 0.6) is 0 Å². The molecule has 0 radical (unpaired) electrons. The Bertz CT molecular complexity index is 377. The van der Waals surface area contributed by atoms with Crippen molar-refractivity contribution in [2.75, 3.05) is 6.54 Å². The predicted molar refractivity (Wildman–Crippen MR) is 65.4 cm³/mol. The van der Waals surface area contributed by atoms with E-state index in [-0.39, 0.29) is 12.0 Å². The van der Waals surface area contributed by atoms with E-state index in [4.69, 9.17) is 5.11 Å². The highest BCUT2D eigenvalue weighted by atomic mass is 79.9. The summed E-state index contributed by atoms with van der Waals surface area (Å²) in [6.07, 6.45) is 1.77. The smallest absolute Gasteiger partial charge is 0.320 e. The number of carboxylic acid groups (broad SMARTS) is 1. The Morgan fingerprint density at radius 1 is 1.44 bits per heavy atom. The van der Waals surface area contributed by atoms with E-state index >= 15 is 0 Å². The molecule has 2 atom stereocenters. The normalized spacial score (nSPS) is 24.6. The molecule has 0 aliphatic carbocycles. The van der Waals surface area contributed by atoms with Crippen molar-refractivity contribution in [2.24, 2.45) is 5.92 Å². The zero-order chi connectivity index (χ0) is 11.5. The molecular formula is C12H14BrNO2. The quantitative estimate of drug-likeness (QED) is 0.893. The molecule has 0 saturated carbocycles. The number of hydrogen-bond acceptors (Lipinski definition) is 2. The second-order valence-corrected chi connectivity index (χ2v) is 5.07. The topological polar surface area (TPSA) is 49.3 Å². The van der Waals surface area contributed by atoms with E-state index in [0.29, 0.717) is 0 Å². The molecule has 0 spiro atoms. The van der Waals surface area contributed by atoms with Gasteiger partial charge in [0.15, 0.2) is 0 Å². The van der Waals surface area contributed by atoms with Gasteiger partial charge in [0.1, 0.15) is 6.04 Å². The molecule has 2 rings (SSSR count). The third-order valence-electron chi connectivity index (χ3n) is 3.03. The molecule has 2 N–H and O–H groups in total. The van der Waals surface area contributed by atoms with Crippen LogP contribution in [-0.2, 0) is 11.2 Å². The number of halogens is 1. The summed E-state index contributed by atoms with van der Waals surface area (Å²) in [5, 5.41) is 12.1. The van der Waals surface area contributed by atoms with Gasteiger partial charge in [-0.05, 0) is 43.0 Å². The molecule has 1 saturated heterocycles. The molecule has 1 aromatic carbocycles. The van der Waals surface area contributed by atoms with Gasteiger partial charge in [-0.1, -0.05) is 28.1 Å². The summed E-state index contributed by atoms with van der Waals surface area (Å²) < 4.78 is 1.05. The largest absolute Gasteiger partial charge is 0.480 e. The van der Waals surface area contributed by atoms with Gasteiger partial charge in [-0.3, -0.25) is 4.79 Å². The molecule has 1 aliphatic rings. The lowest BCUT2D eigenvalue weighted by atomic mass is 9.93. The molecule has 0 unspecified atom stereocenters. The van der Waals surface area contributed by atoms with Gasteiger partial charge in [0, 0.05) is 4.47 Å². The lowest BCUT2D eigenvalue weighted by Gasteiger charge is -2.15. The number of nitrogens with one attached hydrogen (secondary N) is 1. The predicted octanol–water partition coefficient (Wildman–Crippen LogP) is 2.05. The number of hydrogen-bond donors (Lipinski definition) is 2. The maximum Gasteiger partial charge on any atom is 0.320 e. The molecule has 0 amide bonds. The summed E-state index contributed by atoms with van der Waals surface area (Å²) in [6.45, 7) is 0.804. The summed E-state index contributed by atoms with van der Waals surface area (Å²) in [4.78, 5) is 11.0. The maximum atomic E-state index is 11.0. The first kappa shape index (κ1) is 11.6. The van der Waals surface area contributed by atoms with Crippen LogP contribution in [0.2, 0.25) is 0 Å². The van der Waals surface area contributed by atoms with Crippen molar-refractivity contribution in [3.63, 3.8) is 0 Å². The maximum absolute atomic E-state index is 11.0. The first-order chi connectivity index (χ1) is 7.66. The number of carboxylic acids is 1. The first-order valence-corrected chi connectivity index (χ1v) is 6.17. The van der Waals surface area contributed by atoms with Crippen LogP contribution in [0.15, 0.2) is 28.7 Å². The molecule has 1 aliphatic heterocycles. The van der Waals surface area contributed by atoms with Crippen LogP contribution in [0, 0.1) is 5.92 Å². The number of rotatable bonds is 3. The Morgan fingerprint density at radius 2 is 2.12 bits per heavy atom. The van der Waals surface area contributed by atoms with E-state index in [2.05, 4.69) is 21.2 Å². The molecule has 1 fully saturated rings. The lowest BCUT2D eigenvalue weighted by molar-refractivity contribution is -0.140. The van der Waals surface area contributed by atoms with Crippen molar-refractivity contribution < 1.29 is 9.90 Å². The fourth-order valence-corrected chi connectivity index (χ4v) is 2.45. The summed E-state index contributed by atoms with van der Waals surface area (Å²) >= 11 is 3.39. The van der Waals surface area contributed by atoms with E-state index in [0.717, 1.165) is 23.9 Å². The van der Waals surface area contributed by atoms with Crippen LogP contribution in [0.1, 0.15) is 12.0 Å². The Hall–Kier alpha value is -0.870. The van der Waals surface area contributed by atoms with Crippen molar-refractivity contribution in [1.29, 1.82) is 0 Å². The molecular weight excluding hydrogens is 270 g/mol. The average molecular weight is 284 g/mol. The van der Waals surface area contributed by atoms with Crippen LogP contribution in [0.4, 0.5) is 0 Å². The van der Waals surface area contributed by atoms with Gasteiger partial charge in [0.25, 0.3) is 0 Å². The molecule has 3 nitrogen and oxygen atoms in total. The lowest BCUT2D eigenvalue weighted by Crippen LogP contribution is -2.36. The van der Waals surface area contributed by atoms with Crippen molar-refractivity contribution >= 4 is 21.9 Å². The minimum Gasteiger partial charge on any atom is -0.480 e. The van der Waals surface area contributed by atoms with Gasteiger partial charge in [0.2, 0.25) is 0 Å². The SMILES string of the molecule is O=C(O)[C@@H]1NCC[C@@H]1Cc1ccc(Br)cc1. The van der Waals surface area contributed by atoms with Gasteiger partial charge in [-0.15, -0.1) is 0 Å². The minimum absolute atomic E-state index is 0.207. The van der Waals surface area contributed by atoms with E-state index < -0.39 is 5.97 Å². The Morgan fingerprint density at radius 3 is 2.75 bits per heavy atom. The highest BCUT2D eigenvalue weighted by molar-refractivity contribution is 9.10. The highest BCUT2D eigenvalue weighted by Crippen LogP contribution is 2.22. The number of carbonyl (C=O) groups is 1. The molecule has 1 aromatic rings. The van der Waals surface area contributed by atoms with Crippen LogP contribution in [0.25, 0.3) is 0 Å². The fraction of sp³-hybridized carbons (Fsp3) is 0.417. The highest BCUT2D eigenvalue weighted by Gasteiger charge is 2.32. The summed E-state index contributed by atoms with van der Waals surface area (Å²) in [5.41, 5.74) is 1.20. The zero-order valence-electron chi connectivity index (χ0n) is 8.82. The number of benzene rings is 1. The third kappa shape index (κ3) is 2.62. The van der Waals surface area contributed by atoms with E-state index in [1.54, 1.807) is 0 Å². The standard InChI is InChI=1S/C12H14BrNO2/c13-10-3-1-8(2-4-10)7-9-5-6-14-11(9)12(15)16/h1-4,9,11,14H,5-7H2,(H,15,16)/t9-,11-/m1/s1. The van der Waals surface area contributed by atoms with E-state index in [1.807, 2.05) is 24.3 Å². The van der Waals surface area contributed by atoms with Gasteiger partial charge in [0.05, 0.1) is 0 Å². The Labute approximate surface area is 103 Å². The van der Waals surface area contributed by atoms with Crippen molar-refractivity contribution in [2.45, 2.75) is 18.9 Å². The molecule has 0 aromatic heterocycles. The Kier molecular flexibility index (Phi) is 3.61. The monoisotopic (exact) mass is 283 g/mol. The average Bonchev–Trinajstić information content (AvgIpc) is 2.69. The molecule has 86 valence electrons. The van der Waals surface area contributed by atoms with Crippen molar-refractivity contribution in [1.82, 2.24) is 5.32 Å². The molecule has 4 heteroatoms. The van der Waals surface area contributed by atoms with Crippen molar-refractivity contribution in [3.8, 4) is 0 Å². The summed E-state index contributed by atoms with van der Waals surface area (Å²) in [5.74, 6) is -0.529. The van der Waals surface area contributed by atoms with Crippen LogP contribution < -0.4 is 5.32 Å². The zero-order valence-corrected chi connectivity index (χ0v) is 10.4. The summed E-state index contributed by atoms with van der Waals surface area (Å²) in [7, 11) is 0. The van der Waals surface area contributed by atoms with E-state index in [1.165, 1.54) is 5.56 Å². The van der Waals surface area contributed by atoms with Crippen LogP contribution in [0.3, 0.4) is 0 Å². The van der Waals surface area contributed by atoms with Gasteiger partial charge >= 0.3 is 5.97 Å². The molecule has 16 heavy (non-hydrogen) atoms. The molecule has 0 bridgehead atoms. The van der Waals surface area contributed by atoms with Crippen molar-refractivity contribution in [3.05, 3.63) is 34.3 Å². The van der Waals surface area contributed by atoms with Gasteiger partial charge < -0.3 is 10.4 Å². The van der Waals surface area contributed by atoms with Gasteiger partial charge in [-0.2, -0.15) is 0 Å². The minimum atomic E-state index is -0.736. The van der Waals surface area contributed by atoms with Crippen LogP contribution >= 0.6 is 15.9 Å². The van der Waals surface area contributed by atoms with Gasteiger partial charge in [-0.25, -0.2) is 0 Å². The Balaban J connectivity index is 2.03. The molecule has 1 heterocycles. The second kappa shape index (κ2) is 4.97.